The highest BCUT2D eigenvalue weighted by Gasteiger charge is 2.22. The summed E-state index contributed by atoms with van der Waals surface area (Å²) in [6, 6.07) is 7.71. The molecule has 1 aliphatic heterocycles. The van der Waals surface area contributed by atoms with Crippen molar-refractivity contribution in [3.63, 3.8) is 0 Å². The Morgan fingerprint density at radius 2 is 2.15 bits per heavy atom. The lowest BCUT2D eigenvalue weighted by atomic mass is 9.94. The minimum Gasteiger partial charge on any atom is -0.497 e. The van der Waals surface area contributed by atoms with Gasteiger partial charge in [0.15, 0.2) is 0 Å². The topological polar surface area (TPSA) is 55.6 Å². The van der Waals surface area contributed by atoms with Crippen LogP contribution in [-0.2, 0) is 11.2 Å². The average Bonchev–Trinajstić information content (AvgIpc) is 2.48. The van der Waals surface area contributed by atoms with Gasteiger partial charge in [0.25, 0.3) is 0 Å². The molecule has 1 heterocycles. The van der Waals surface area contributed by atoms with Gasteiger partial charge < -0.3 is 15.4 Å². The van der Waals surface area contributed by atoms with E-state index in [1.54, 1.807) is 7.11 Å². The molecule has 0 spiro atoms. The van der Waals surface area contributed by atoms with Crippen molar-refractivity contribution in [1.29, 1.82) is 0 Å². The van der Waals surface area contributed by atoms with Gasteiger partial charge in [0, 0.05) is 13.1 Å². The van der Waals surface area contributed by atoms with Crippen LogP contribution in [0.3, 0.4) is 0 Å². The summed E-state index contributed by atoms with van der Waals surface area (Å²) in [5.74, 6) is 1.62. The number of carbonyl (C=O) groups excluding carboxylic acids is 1. The molecule has 4 heteroatoms. The molecule has 1 atom stereocenters. The zero-order chi connectivity index (χ0) is 14.4. The number of carbonyl (C=O) groups is 1. The third-order valence-electron chi connectivity index (χ3n) is 3.96. The summed E-state index contributed by atoms with van der Waals surface area (Å²) in [4.78, 5) is 14.3. The third kappa shape index (κ3) is 3.97. The van der Waals surface area contributed by atoms with Crippen LogP contribution >= 0.6 is 0 Å². The van der Waals surface area contributed by atoms with E-state index < -0.39 is 0 Å². The fourth-order valence-corrected chi connectivity index (χ4v) is 2.79. The van der Waals surface area contributed by atoms with E-state index in [-0.39, 0.29) is 5.91 Å². The predicted octanol–water partition coefficient (Wildman–Crippen LogP) is 1.83. The summed E-state index contributed by atoms with van der Waals surface area (Å²) in [6.45, 7) is 2.47. The molecule has 1 aliphatic rings. The lowest BCUT2D eigenvalue weighted by Crippen LogP contribution is -2.41. The SMILES string of the molecule is COc1ccc(CC(=O)N2CCCC(CCN)C2)cc1. The molecule has 0 aromatic heterocycles. The first-order valence-corrected chi connectivity index (χ1v) is 7.33. The first-order valence-electron chi connectivity index (χ1n) is 7.33. The summed E-state index contributed by atoms with van der Waals surface area (Å²) < 4.78 is 5.12. The van der Waals surface area contributed by atoms with Crippen LogP contribution in [0.15, 0.2) is 24.3 Å². The summed E-state index contributed by atoms with van der Waals surface area (Å²) in [5, 5.41) is 0. The Labute approximate surface area is 120 Å². The second-order valence-electron chi connectivity index (χ2n) is 5.45. The molecular weight excluding hydrogens is 252 g/mol. The van der Waals surface area contributed by atoms with Crippen molar-refractivity contribution in [3.8, 4) is 5.75 Å². The summed E-state index contributed by atoms with van der Waals surface area (Å²) >= 11 is 0. The lowest BCUT2D eigenvalue weighted by molar-refractivity contribution is -0.132. The van der Waals surface area contributed by atoms with E-state index >= 15 is 0 Å². The zero-order valence-electron chi connectivity index (χ0n) is 12.2. The van der Waals surface area contributed by atoms with Crippen LogP contribution in [0.25, 0.3) is 0 Å². The molecule has 1 saturated heterocycles. The minimum atomic E-state index is 0.219. The van der Waals surface area contributed by atoms with Crippen LogP contribution in [0.1, 0.15) is 24.8 Å². The highest BCUT2D eigenvalue weighted by atomic mass is 16.5. The van der Waals surface area contributed by atoms with Gasteiger partial charge in [-0.05, 0) is 49.4 Å². The van der Waals surface area contributed by atoms with E-state index in [2.05, 4.69) is 0 Å². The maximum absolute atomic E-state index is 12.3. The normalized spacial score (nSPS) is 18.9. The van der Waals surface area contributed by atoms with Crippen molar-refractivity contribution in [2.75, 3.05) is 26.7 Å². The summed E-state index contributed by atoms with van der Waals surface area (Å²) in [7, 11) is 1.64. The second-order valence-corrected chi connectivity index (χ2v) is 5.45. The molecule has 0 bridgehead atoms. The molecule has 2 N–H and O–H groups in total. The number of rotatable bonds is 5. The maximum atomic E-state index is 12.3. The van der Waals surface area contributed by atoms with Gasteiger partial charge in [0.2, 0.25) is 5.91 Å². The lowest BCUT2D eigenvalue weighted by Gasteiger charge is -2.32. The van der Waals surface area contributed by atoms with Crippen LogP contribution in [-0.4, -0.2) is 37.6 Å². The monoisotopic (exact) mass is 276 g/mol. The largest absolute Gasteiger partial charge is 0.497 e. The van der Waals surface area contributed by atoms with E-state index in [9.17, 15) is 4.79 Å². The van der Waals surface area contributed by atoms with Crippen molar-refractivity contribution in [2.24, 2.45) is 11.7 Å². The number of piperidine rings is 1. The van der Waals surface area contributed by atoms with Gasteiger partial charge in [0.05, 0.1) is 13.5 Å². The quantitative estimate of drug-likeness (QED) is 0.892. The minimum absolute atomic E-state index is 0.219. The molecule has 20 heavy (non-hydrogen) atoms. The number of nitrogens with two attached hydrogens (primary N) is 1. The Morgan fingerprint density at radius 1 is 1.40 bits per heavy atom. The molecule has 0 aliphatic carbocycles. The van der Waals surface area contributed by atoms with Crippen molar-refractivity contribution in [1.82, 2.24) is 4.90 Å². The Hall–Kier alpha value is -1.55. The molecule has 1 unspecified atom stereocenters. The van der Waals surface area contributed by atoms with E-state index in [4.69, 9.17) is 10.5 Å². The summed E-state index contributed by atoms with van der Waals surface area (Å²) in [5.41, 5.74) is 6.66. The molecular formula is C16H24N2O2. The molecule has 1 fully saturated rings. The average molecular weight is 276 g/mol. The van der Waals surface area contributed by atoms with Crippen molar-refractivity contribution >= 4 is 5.91 Å². The molecule has 2 rings (SSSR count). The van der Waals surface area contributed by atoms with Gasteiger partial charge in [0.1, 0.15) is 5.75 Å². The third-order valence-corrected chi connectivity index (χ3v) is 3.96. The number of amides is 1. The number of hydrogen-bond acceptors (Lipinski definition) is 3. The number of methoxy groups -OCH3 is 1. The fraction of sp³-hybridized carbons (Fsp3) is 0.562. The summed E-state index contributed by atoms with van der Waals surface area (Å²) in [6.07, 6.45) is 3.79. The van der Waals surface area contributed by atoms with Crippen LogP contribution in [0, 0.1) is 5.92 Å². The van der Waals surface area contributed by atoms with Crippen molar-refractivity contribution in [3.05, 3.63) is 29.8 Å². The second kappa shape index (κ2) is 7.29. The van der Waals surface area contributed by atoms with Crippen LogP contribution in [0.5, 0.6) is 5.75 Å². The van der Waals surface area contributed by atoms with E-state index in [0.717, 1.165) is 37.2 Å². The van der Waals surface area contributed by atoms with Gasteiger partial charge in [-0.15, -0.1) is 0 Å². The Bertz CT molecular complexity index is 429. The van der Waals surface area contributed by atoms with Crippen LogP contribution in [0.2, 0.25) is 0 Å². The standard InChI is InChI=1S/C16H24N2O2/c1-20-15-6-4-13(5-7-15)11-16(19)18-10-2-3-14(12-18)8-9-17/h4-7,14H,2-3,8-12,17H2,1H3. The molecule has 1 amide bonds. The van der Waals surface area contributed by atoms with E-state index in [1.807, 2.05) is 29.2 Å². The van der Waals surface area contributed by atoms with Gasteiger partial charge in [-0.25, -0.2) is 0 Å². The smallest absolute Gasteiger partial charge is 0.226 e. The first kappa shape index (κ1) is 14.9. The molecule has 4 nitrogen and oxygen atoms in total. The maximum Gasteiger partial charge on any atom is 0.226 e. The number of ether oxygens (including phenoxy) is 1. The van der Waals surface area contributed by atoms with Crippen molar-refractivity contribution < 1.29 is 9.53 Å². The molecule has 1 aromatic carbocycles. The van der Waals surface area contributed by atoms with E-state index in [0.29, 0.717) is 18.9 Å². The van der Waals surface area contributed by atoms with Crippen LogP contribution in [0.4, 0.5) is 0 Å². The Balaban J connectivity index is 1.89. The molecule has 0 saturated carbocycles. The fourth-order valence-electron chi connectivity index (χ4n) is 2.79. The van der Waals surface area contributed by atoms with E-state index in [1.165, 1.54) is 6.42 Å². The van der Waals surface area contributed by atoms with Gasteiger partial charge in [-0.3, -0.25) is 4.79 Å². The van der Waals surface area contributed by atoms with Gasteiger partial charge in [-0.1, -0.05) is 12.1 Å². The Morgan fingerprint density at radius 3 is 2.80 bits per heavy atom. The highest BCUT2D eigenvalue weighted by Crippen LogP contribution is 2.20. The Kier molecular flexibility index (Phi) is 5.41. The highest BCUT2D eigenvalue weighted by molar-refractivity contribution is 5.78. The number of likely N-dealkylation sites (tertiary alicyclic amines) is 1. The van der Waals surface area contributed by atoms with Gasteiger partial charge in [-0.2, -0.15) is 0 Å². The molecule has 1 aromatic rings. The predicted molar refractivity (Wildman–Crippen MR) is 79.7 cm³/mol. The van der Waals surface area contributed by atoms with Crippen molar-refractivity contribution in [2.45, 2.75) is 25.7 Å². The van der Waals surface area contributed by atoms with Crippen LogP contribution < -0.4 is 10.5 Å². The first-order chi connectivity index (χ1) is 9.72. The molecule has 0 radical (unpaired) electrons. The number of hydrogen-bond donors (Lipinski definition) is 1. The number of benzene rings is 1. The zero-order valence-corrected chi connectivity index (χ0v) is 12.2. The van der Waals surface area contributed by atoms with Gasteiger partial charge >= 0.3 is 0 Å². The number of nitrogens with zero attached hydrogens (tertiary/aromatic N) is 1. The molecule has 110 valence electrons.